The Morgan fingerprint density at radius 1 is 0.920 bits per heavy atom. The first-order valence-corrected chi connectivity index (χ1v) is 9.98. The molecule has 0 radical (unpaired) electrons. The van der Waals surface area contributed by atoms with Gasteiger partial charge in [0, 0.05) is 63.3 Å². The summed E-state index contributed by atoms with van der Waals surface area (Å²) in [6.45, 7) is 9.50. The number of aromatic nitrogens is 2. The van der Waals surface area contributed by atoms with Crippen LogP contribution in [0.5, 0.6) is 0 Å². The molecule has 3 fully saturated rings. The average Bonchev–Trinajstić information content (AvgIpc) is 3.20. The van der Waals surface area contributed by atoms with Gasteiger partial charge >= 0.3 is 0 Å². The molecule has 0 amide bonds. The fourth-order valence-electron chi connectivity index (χ4n) is 4.30. The van der Waals surface area contributed by atoms with Gasteiger partial charge in [-0.15, -0.1) is 0 Å². The number of morpholine rings is 1. The van der Waals surface area contributed by atoms with Crippen LogP contribution in [0.2, 0.25) is 0 Å². The highest BCUT2D eigenvalue weighted by atomic mass is 16.5. The van der Waals surface area contributed by atoms with Gasteiger partial charge in [0.2, 0.25) is 5.95 Å². The van der Waals surface area contributed by atoms with Crippen molar-refractivity contribution >= 4 is 5.95 Å². The normalized spacial score (nSPS) is 26.2. The van der Waals surface area contributed by atoms with Crippen LogP contribution in [0.1, 0.15) is 37.7 Å². The van der Waals surface area contributed by atoms with E-state index in [-0.39, 0.29) is 0 Å². The Hall–Kier alpha value is -1.24. The molecule has 3 aliphatic rings. The number of rotatable bonds is 5. The van der Waals surface area contributed by atoms with Gasteiger partial charge in [-0.3, -0.25) is 9.80 Å². The molecule has 0 spiro atoms. The van der Waals surface area contributed by atoms with Crippen LogP contribution in [0.25, 0.3) is 0 Å². The molecular weight excluding hydrogens is 314 g/mol. The maximum atomic E-state index is 5.49. The van der Waals surface area contributed by atoms with Crippen LogP contribution >= 0.6 is 0 Å². The molecule has 138 valence electrons. The molecule has 1 aromatic rings. The molecule has 1 aromatic heterocycles. The summed E-state index contributed by atoms with van der Waals surface area (Å²) in [6.07, 6.45) is 10.6. The van der Waals surface area contributed by atoms with E-state index >= 15 is 0 Å². The molecule has 0 aliphatic carbocycles. The average molecular weight is 345 g/mol. The molecule has 4 heterocycles. The van der Waals surface area contributed by atoms with Crippen molar-refractivity contribution < 1.29 is 4.74 Å². The molecule has 6 nitrogen and oxygen atoms in total. The summed E-state index contributed by atoms with van der Waals surface area (Å²) < 4.78 is 5.49. The lowest BCUT2D eigenvalue weighted by atomic mass is 10.0. The summed E-state index contributed by atoms with van der Waals surface area (Å²) in [4.78, 5) is 16.8. The smallest absolute Gasteiger partial charge is 0.225 e. The van der Waals surface area contributed by atoms with Crippen LogP contribution in [0.3, 0.4) is 0 Å². The summed E-state index contributed by atoms with van der Waals surface area (Å²) in [5.41, 5.74) is 1.25. The Morgan fingerprint density at radius 3 is 2.40 bits per heavy atom. The van der Waals surface area contributed by atoms with Gasteiger partial charge in [0.25, 0.3) is 0 Å². The molecule has 0 bridgehead atoms. The van der Waals surface area contributed by atoms with Crippen LogP contribution < -0.4 is 4.90 Å². The summed E-state index contributed by atoms with van der Waals surface area (Å²) in [7, 11) is 0. The van der Waals surface area contributed by atoms with Gasteiger partial charge in [0.15, 0.2) is 0 Å². The molecule has 0 N–H and O–H groups in total. The fourth-order valence-corrected chi connectivity index (χ4v) is 4.30. The van der Waals surface area contributed by atoms with Gasteiger partial charge in [-0.1, -0.05) is 6.42 Å². The van der Waals surface area contributed by atoms with Crippen molar-refractivity contribution in [1.29, 1.82) is 0 Å². The Labute approximate surface area is 151 Å². The van der Waals surface area contributed by atoms with Crippen molar-refractivity contribution in [2.75, 3.05) is 57.4 Å². The predicted octanol–water partition coefficient (Wildman–Crippen LogP) is 1.76. The van der Waals surface area contributed by atoms with Gasteiger partial charge in [-0.05, 0) is 32.2 Å². The van der Waals surface area contributed by atoms with Crippen LogP contribution in [-0.4, -0.2) is 78.3 Å². The van der Waals surface area contributed by atoms with Crippen molar-refractivity contribution in [2.24, 2.45) is 0 Å². The van der Waals surface area contributed by atoms with E-state index in [1.807, 2.05) is 12.4 Å². The first-order valence-electron chi connectivity index (χ1n) is 9.98. The Bertz CT molecular complexity index is 525. The lowest BCUT2D eigenvalue weighted by molar-refractivity contribution is 0.0153. The molecule has 6 heteroatoms. The van der Waals surface area contributed by atoms with Crippen LogP contribution in [-0.2, 0) is 11.3 Å². The van der Waals surface area contributed by atoms with Crippen molar-refractivity contribution in [3.05, 3.63) is 18.0 Å². The molecule has 0 saturated carbocycles. The number of hydrogen-bond donors (Lipinski definition) is 0. The number of nitrogens with zero attached hydrogens (tertiary/aromatic N) is 5. The van der Waals surface area contributed by atoms with E-state index in [9.17, 15) is 0 Å². The Morgan fingerprint density at radius 2 is 1.64 bits per heavy atom. The minimum absolute atomic E-state index is 0.658. The van der Waals surface area contributed by atoms with E-state index < -0.39 is 0 Å². The molecule has 3 aliphatic heterocycles. The van der Waals surface area contributed by atoms with E-state index in [0.29, 0.717) is 6.04 Å². The van der Waals surface area contributed by atoms with E-state index in [4.69, 9.17) is 4.74 Å². The van der Waals surface area contributed by atoms with Crippen molar-refractivity contribution in [2.45, 2.75) is 44.7 Å². The maximum Gasteiger partial charge on any atom is 0.225 e. The number of piperidine rings is 1. The second-order valence-corrected chi connectivity index (χ2v) is 7.62. The summed E-state index contributed by atoms with van der Waals surface area (Å²) in [6, 6.07) is 0.658. The third-order valence-corrected chi connectivity index (χ3v) is 5.79. The first kappa shape index (κ1) is 17.2. The summed E-state index contributed by atoms with van der Waals surface area (Å²) in [5.74, 6) is 0.907. The Kier molecular flexibility index (Phi) is 5.79. The third-order valence-electron chi connectivity index (χ3n) is 5.79. The summed E-state index contributed by atoms with van der Waals surface area (Å²) in [5, 5.41) is 0. The van der Waals surface area contributed by atoms with Crippen molar-refractivity contribution in [3.8, 4) is 0 Å². The molecular formula is C19H31N5O. The van der Waals surface area contributed by atoms with Crippen LogP contribution in [0.15, 0.2) is 12.4 Å². The topological polar surface area (TPSA) is 44.7 Å². The highest BCUT2D eigenvalue weighted by molar-refractivity contribution is 5.30. The minimum atomic E-state index is 0.658. The Balaban J connectivity index is 1.35. The number of anilines is 1. The zero-order valence-corrected chi connectivity index (χ0v) is 15.3. The van der Waals surface area contributed by atoms with Crippen molar-refractivity contribution in [3.63, 3.8) is 0 Å². The molecule has 0 unspecified atom stereocenters. The number of likely N-dealkylation sites (tertiary alicyclic amines) is 1. The summed E-state index contributed by atoms with van der Waals surface area (Å²) >= 11 is 0. The van der Waals surface area contributed by atoms with E-state index in [1.165, 1.54) is 50.8 Å². The quantitative estimate of drug-likeness (QED) is 0.810. The van der Waals surface area contributed by atoms with Crippen LogP contribution in [0.4, 0.5) is 5.95 Å². The highest BCUT2D eigenvalue weighted by Gasteiger charge is 2.25. The maximum absolute atomic E-state index is 5.49. The van der Waals surface area contributed by atoms with Gasteiger partial charge in [0.1, 0.15) is 0 Å². The lowest BCUT2D eigenvalue weighted by Gasteiger charge is -2.39. The highest BCUT2D eigenvalue weighted by Crippen LogP contribution is 2.21. The molecule has 4 rings (SSSR count). The monoisotopic (exact) mass is 345 g/mol. The SMILES string of the molecule is c1nc(N2CCCC2)ncc1CN1CCCC[C@H]1CN1CCOCC1. The molecule has 25 heavy (non-hydrogen) atoms. The van der Waals surface area contributed by atoms with E-state index in [1.54, 1.807) is 0 Å². The van der Waals surface area contributed by atoms with Gasteiger partial charge in [0.05, 0.1) is 13.2 Å². The second-order valence-electron chi connectivity index (χ2n) is 7.62. The van der Waals surface area contributed by atoms with Crippen molar-refractivity contribution in [1.82, 2.24) is 19.8 Å². The van der Waals surface area contributed by atoms with Gasteiger partial charge in [-0.2, -0.15) is 0 Å². The zero-order chi connectivity index (χ0) is 16.9. The molecule has 1 atom stereocenters. The third kappa shape index (κ3) is 4.49. The van der Waals surface area contributed by atoms with Gasteiger partial charge in [-0.25, -0.2) is 9.97 Å². The first-order chi connectivity index (χ1) is 12.4. The van der Waals surface area contributed by atoms with Crippen LogP contribution in [0, 0.1) is 0 Å². The minimum Gasteiger partial charge on any atom is -0.379 e. The largest absolute Gasteiger partial charge is 0.379 e. The molecule has 3 saturated heterocycles. The molecule has 0 aromatic carbocycles. The zero-order valence-electron chi connectivity index (χ0n) is 15.3. The second kappa shape index (κ2) is 8.43. The standard InChI is InChI=1S/C19H31N5O/c1-2-8-24(18(5-1)16-22-9-11-25-12-10-22)15-17-13-20-19(21-14-17)23-6-3-4-7-23/h13-14,18H,1-12,15-16H2/t18-/m0/s1. The van der Waals surface area contributed by atoms with Gasteiger partial charge < -0.3 is 9.64 Å². The predicted molar refractivity (Wildman–Crippen MR) is 98.8 cm³/mol. The fraction of sp³-hybridized carbons (Fsp3) is 0.789. The lowest BCUT2D eigenvalue weighted by Crippen LogP contribution is -2.49. The van der Waals surface area contributed by atoms with E-state index in [2.05, 4.69) is 24.7 Å². The number of ether oxygens (including phenoxy) is 1. The number of hydrogen-bond acceptors (Lipinski definition) is 6. The van der Waals surface area contributed by atoms with E-state index in [0.717, 1.165) is 51.9 Å².